The fourth-order valence-corrected chi connectivity index (χ4v) is 2.75. The minimum Gasteiger partial charge on any atom is -0.340 e. The highest BCUT2D eigenvalue weighted by atomic mass is 19.1. The Morgan fingerprint density at radius 2 is 1.55 bits per heavy atom. The number of benzene rings is 1. The van der Waals surface area contributed by atoms with E-state index in [1.807, 2.05) is 19.1 Å². The molecule has 0 atom stereocenters. The molecule has 0 aliphatic rings. The highest BCUT2D eigenvalue weighted by molar-refractivity contribution is 6.04. The van der Waals surface area contributed by atoms with Gasteiger partial charge in [-0.15, -0.1) is 0 Å². The van der Waals surface area contributed by atoms with Gasteiger partial charge in [-0.25, -0.2) is 19.3 Å². The Labute approximate surface area is 177 Å². The number of pyridine rings is 2. The van der Waals surface area contributed by atoms with Crippen LogP contribution in [0.2, 0.25) is 0 Å². The first kappa shape index (κ1) is 19.9. The van der Waals surface area contributed by atoms with Crippen molar-refractivity contribution in [3.05, 3.63) is 90.4 Å². The number of hydrogen-bond donors (Lipinski definition) is 3. The van der Waals surface area contributed by atoms with E-state index in [-0.39, 0.29) is 5.56 Å². The summed E-state index contributed by atoms with van der Waals surface area (Å²) in [4.78, 5) is 28.5. The minimum atomic E-state index is -0.566. The first-order valence-corrected chi connectivity index (χ1v) is 9.36. The predicted molar refractivity (Wildman–Crippen MR) is 116 cm³/mol. The van der Waals surface area contributed by atoms with Crippen LogP contribution in [0.1, 0.15) is 15.9 Å². The molecular weight excluding hydrogens is 397 g/mol. The number of nitrogens with one attached hydrogen (secondary N) is 3. The van der Waals surface area contributed by atoms with Gasteiger partial charge in [-0.3, -0.25) is 9.78 Å². The molecular formula is C22H18FN7O. The first-order chi connectivity index (χ1) is 15.0. The molecule has 0 saturated carbocycles. The lowest BCUT2D eigenvalue weighted by molar-refractivity contribution is 0.102. The molecule has 0 aliphatic carbocycles. The molecule has 0 saturated heterocycles. The Morgan fingerprint density at radius 3 is 2.29 bits per heavy atom. The Morgan fingerprint density at radius 1 is 0.839 bits per heavy atom. The number of aromatic nitrogens is 4. The Bertz CT molecular complexity index is 1210. The van der Waals surface area contributed by atoms with E-state index in [0.717, 1.165) is 23.5 Å². The van der Waals surface area contributed by atoms with Gasteiger partial charge < -0.3 is 16.0 Å². The van der Waals surface area contributed by atoms with Crippen LogP contribution in [0.5, 0.6) is 0 Å². The molecule has 1 aromatic carbocycles. The van der Waals surface area contributed by atoms with E-state index < -0.39 is 11.7 Å². The van der Waals surface area contributed by atoms with Crippen molar-refractivity contribution in [1.29, 1.82) is 0 Å². The minimum absolute atomic E-state index is 0.145. The van der Waals surface area contributed by atoms with Gasteiger partial charge in [0, 0.05) is 29.8 Å². The van der Waals surface area contributed by atoms with Crippen LogP contribution < -0.4 is 16.0 Å². The highest BCUT2D eigenvalue weighted by Crippen LogP contribution is 2.20. The normalized spacial score (nSPS) is 10.4. The molecule has 0 spiro atoms. The van der Waals surface area contributed by atoms with Crippen LogP contribution in [0.3, 0.4) is 0 Å². The number of amides is 1. The van der Waals surface area contributed by atoms with E-state index >= 15 is 0 Å². The molecule has 3 N–H and O–H groups in total. The van der Waals surface area contributed by atoms with E-state index in [0.29, 0.717) is 23.1 Å². The summed E-state index contributed by atoms with van der Waals surface area (Å²) in [6, 6.07) is 13.8. The van der Waals surface area contributed by atoms with Crippen LogP contribution >= 0.6 is 0 Å². The molecule has 4 aromatic rings. The molecule has 0 fully saturated rings. The number of halogens is 1. The van der Waals surface area contributed by atoms with E-state index in [9.17, 15) is 9.18 Å². The molecule has 0 bridgehead atoms. The summed E-state index contributed by atoms with van der Waals surface area (Å²) >= 11 is 0. The van der Waals surface area contributed by atoms with Crippen molar-refractivity contribution in [3.63, 3.8) is 0 Å². The Kier molecular flexibility index (Phi) is 5.75. The van der Waals surface area contributed by atoms with E-state index in [1.165, 1.54) is 12.5 Å². The van der Waals surface area contributed by atoms with Crippen molar-refractivity contribution in [2.45, 2.75) is 6.92 Å². The zero-order valence-electron chi connectivity index (χ0n) is 16.5. The summed E-state index contributed by atoms with van der Waals surface area (Å²) in [6.07, 6.45) is 5.52. The molecule has 8 nitrogen and oxygen atoms in total. The number of carbonyl (C=O) groups excluding carboxylic acids is 1. The predicted octanol–water partition coefficient (Wildman–Crippen LogP) is 4.45. The van der Waals surface area contributed by atoms with Gasteiger partial charge in [0.1, 0.15) is 29.6 Å². The molecule has 9 heteroatoms. The second-order valence-electron chi connectivity index (χ2n) is 6.68. The molecule has 4 rings (SSSR count). The van der Waals surface area contributed by atoms with Crippen LogP contribution in [0.4, 0.5) is 33.2 Å². The Hall–Kier alpha value is -4.40. The van der Waals surface area contributed by atoms with Crippen LogP contribution in [0.25, 0.3) is 0 Å². The maximum atomic E-state index is 13.2. The van der Waals surface area contributed by atoms with E-state index in [4.69, 9.17) is 0 Å². The number of rotatable bonds is 6. The third-order valence-electron chi connectivity index (χ3n) is 4.22. The summed E-state index contributed by atoms with van der Waals surface area (Å²) in [5, 5.41) is 9.02. The van der Waals surface area contributed by atoms with E-state index in [1.54, 1.807) is 36.5 Å². The summed E-state index contributed by atoms with van der Waals surface area (Å²) in [5.41, 5.74) is 2.57. The molecule has 154 valence electrons. The second-order valence-corrected chi connectivity index (χ2v) is 6.68. The van der Waals surface area contributed by atoms with Gasteiger partial charge in [0.15, 0.2) is 0 Å². The average molecular weight is 415 g/mol. The van der Waals surface area contributed by atoms with Gasteiger partial charge >= 0.3 is 0 Å². The molecule has 31 heavy (non-hydrogen) atoms. The lowest BCUT2D eigenvalue weighted by atomic mass is 10.2. The highest BCUT2D eigenvalue weighted by Gasteiger charge is 2.08. The molecule has 3 aromatic heterocycles. The smallest absolute Gasteiger partial charge is 0.257 e. The van der Waals surface area contributed by atoms with Gasteiger partial charge in [0.05, 0.1) is 11.8 Å². The number of nitrogens with zero attached hydrogens (tertiary/aromatic N) is 4. The lowest BCUT2D eigenvalue weighted by Crippen LogP contribution is -2.12. The van der Waals surface area contributed by atoms with Crippen molar-refractivity contribution in [3.8, 4) is 0 Å². The zero-order chi connectivity index (χ0) is 21.6. The molecule has 3 heterocycles. The van der Waals surface area contributed by atoms with Gasteiger partial charge in [-0.05, 0) is 55.0 Å². The third-order valence-corrected chi connectivity index (χ3v) is 4.22. The molecule has 1 amide bonds. The molecule has 0 radical (unpaired) electrons. The van der Waals surface area contributed by atoms with Crippen molar-refractivity contribution in [1.82, 2.24) is 19.9 Å². The summed E-state index contributed by atoms with van der Waals surface area (Å²) in [5.74, 6) is 0.877. The van der Waals surface area contributed by atoms with Gasteiger partial charge in [-0.1, -0.05) is 0 Å². The van der Waals surface area contributed by atoms with Crippen molar-refractivity contribution >= 4 is 34.7 Å². The summed E-state index contributed by atoms with van der Waals surface area (Å²) < 4.78 is 13.2. The van der Waals surface area contributed by atoms with Crippen LogP contribution in [0, 0.1) is 12.7 Å². The summed E-state index contributed by atoms with van der Waals surface area (Å²) in [6.45, 7) is 1.99. The van der Waals surface area contributed by atoms with Crippen molar-refractivity contribution in [2.75, 3.05) is 16.0 Å². The largest absolute Gasteiger partial charge is 0.340 e. The number of carbonyl (C=O) groups is 1. The monoisotopic (exact) mass is 415 g/mol. The van der Waals surface area contributed by atoms with Crippen molar-refractivity contribution < 1.29 is 9.18 Å². The van der Waals surface area contributed by atoms with Gasteiger partial charge in [0.2, 0.25) is 0 Å². The average Bonchev–Trinajstić information content (AvgIpc) is 2.75. The lowest BCUT2D eigenvalue weighted by Gasteiger charge is -2.10. The van der Waals surface area contributed by atoms with E-state index in [2.05, 4.69) is 35.9 Å². The SMILES string of the molecule is Cc1ccnc(Nc2cc(Nc3ccc(NC(=O)c4cncc(F)c4)cc3)ncn2)c1. The quantitative estimate of drug-likeness (QED) is 0.427. The maximum absolute atomic E-state index is 13.2. The van der Waals surface area contributed by atoms with Crippen molar-refractivity contribution in [2.24, 2.45) is 0 Å². The Balaban J connectivity index is 1.40. The fraction of sp³-hybridized carbons (Fsp3) is 0.0455. The second kappa shape index (κ2) is 8.95. The standard InChI is InChI=1S/C22H18FN7O/c1-14-6-7-25-19(8-14)30-21-10-20(26-13-27-21)28-17-2-4-18(5-3-17)29-22(31)15-9-16(23)12-24-11-15/h2-13H,1H3,(H,29,31)(H2,25,26,27,28,30). The maximum Gasteiger partial charge on any atom is 0.257 e. The molecule has 0 unspecified atom stereocenters. The van der Waals surface area contributed by atoms with Crippen LogP contribution in [0.15, 0.2) is 73.4 Å². The number of aryl methyl sites for hydroxylation is 1. The first-order valence-electron chi connectivity index (χ1n) is 9.36. The third kappa shape index (κ3) is 5.36. The molecule has 0 aliphatic heterocycles. The van der Waals surface area contributed by atoms with Gasteiger partial charge in [0.25, 0.3) is 5.91 Å². The summed E-state index contributed by atoms with van der Waals surface area (Å²) in [7, 11) is 0. The number of hydrogen-bond acceptors (Lipinski definition) is 7. The number of anilines is 5. The van der Waals surface area contributed by atoms with Crippen LogP contribution in [-0.4, -0.2) is 25.8 Å². The fourth-order valence-electron chi connectivity index (χ4n) is 2.75. The van der Waals surface area contributed by atoms with Gasteiger partial charge in [-0.2, -0.15) is 0 Å². The van der Waals surface area contributed by atoms with Crippen LogP contribution in [-0.2, 0) is 0 Å². The zero-order valence-corrected chi connectivity index (χ0v) is 16.5. The topological polar surface area (TPSA) is 105 Å².